The van der Waals surface area contributed by atoms with E-state index in [0.717, 1.165) is 8.97 Å². The molecule has 0 amide bonds. The van der Waals surface area contributed by atoms with E-state index in [2.05, 4.69) is 56.1 Å². The van der Waals surface area contributed by atoms with Crippen LogP contribution in [-0.4, -0.2) is 64.3 Å². The second-order valence-electron chi connectivity index (χ2n) is 15.9. The highest BCUT2D eigenvalue weighted by atomic mass is 15.3. The van der Waals surface area contributed by atoms with Crippen molar-refractivity contribution in [1.82, 2.24) is 0 Å². The van der Waals surface area contributed by atoms with E-state index in [1.807, 2.05) is 0 Å². The van der Waals surface area contributed by atoms with Crippen molar-refractivity contribution >= 4 is 0 Å². The summed E-state index contributed by atoms with van der Waals surface area (Å²) in [6.45, 7) is 7.25. The van der Waals surface area contributed by atoms with Crippen LogP contribution in [0.5, 0.6) is 0 Å². The molecule has 0 spiro atoms. The topological polar surface area (TPSA) is 0 Å². The first-order chi connectivity index (χ1) is 20.1. The molecule has 0 aromatic heterocycles. The second-order valence-corrected chi connectivity index (χ2v) is 15.9. The minimum absolute atomic E-state index is 1.12. The molecule has 0 aliphatic heterocycles. The lowest BCUT2D eigenvalue weighted by molar-refractivity contribution is -0.870. The largest absolute Gasteiger partial charge is 0.331 e. The summed E-state index contributed by atoms with van der Waals surface area (Å²) in [5.74, 6) is 0. The SMILES string of the molecule is CCCCCCCCCCCCCCCCCC[N+](C)(C)C.CCCCCCCCCCCCCCCC[N+](C)(C)C. The van der Waals surface area contributed by atoms with Gasteiger partial charge >= 0.3 is 0 Å². The fraction of sp³-hybridized carbons (Fsp3) is 1.00. The Morgan fingerprint density at radius 2 is 0.357 bits per heavy atom. The van der Waals surface area contributed by atoms with Crippen molar-refractivity contribution in [3.63, 3.8) is 0 Å². The molecule has 256 valence electrons. The maximum absolute atomic E-state index is 2.30. The van der Waals surface area contributed by atoms with Crippen molar-refractivity contribution in [2.24, 2.45) is 0 Å². The van der Waals surface area contributed by atoms with Crippen LogP contribution < -0.4 is 0 Å². The molecule has 0 atom stereocenters. The lowest BCUT2D eigenvalue weighted by Gasteiger charge is -2.23. The van der Waals surface area contributed by atoms with Crippen LogP contribution >= 0.6 is 0 Å². The van der Waals surface area contributed by atoms with Gasteiger partial charge < -0.3 is 8.97 Å². The summed E-state index contributed by atoms with van der Waals surface area (Å²) < 4.78 is 2.25. The van der Waals surface area contributed by atoms with Crippen LogP contribution in [0.3, 0.4) is 0 Å². The van der Waals surface area contributed by atoms with Gasteiger partial charge in [0.1, 0.15) is 0 Å². The number of unbranched alkanes of at least 4 members (excludes halogenated alkanes) is 28. The van der Waals surface area contributed by atoms with Crippen molar-refractivity contribution in [2.75, 3.05) is 55.4 Å². The van der Waals surface area contributed by atoms with Gasteiger partial charge in [-0.15, -0.1) is 0 Å². The molecule has 0 bridgehead atoms. The summed E-state index contributed by atoms with van der Waals surface area (Å²) >= 11 is 0. The van der Waals surface area contributed by atoms with Crippen LogP contribution in [0.4, 0.5) is 0 Å². The fourth-order valence-corrected chi connectivity index (χ4v) is 5.91. The third-order valence-corrected chi connectivity index (χ3v) is 8.86. The van der Waals surface area contributed by atoms with Crippen LogP contribution in [0.15, 0.2) is 0 Å². The van der Waals surface area contributed by atoms with Crippen molar-refractivity contribution in [3.05, 3.63) is 0 Å². The van der Waals surface area contributed by atoms with Gasteiger partial charge in [-0.05, 0) is 25.7 Å². The minimum Gasteiger partial charge on any atom is -0.331 e. The molecule has 0 fully saturated rings. The molecular formula is C40H88N2+2. The van der Waals surface area contributed by atoms with Gasteiger partial charge in [0.25, 0.3) is 0 Å². The van der Waals surface area contributed by atoms with E-state index in [-0.39, 0.29) is 0 Å². The van der Waals surface area contributed by atoms with E-state index in [0.29, 0.717) is 0 Å². The third kappa shape index (κ3) is 46.9. The van der Waals surface area contributed by atoms with Crippen molar-refractivity contribution in [3.8, 4) is 0 Å². The Morgan fingerprint density at radius 1 is 0.214 bits per heavy atom. The summed E-state index contributed by atoms with van der Waals surface area (Å²) in [5, 5.41) is 0. The first-order valence-corrected chi connectivity index (χ1v) is 19.7. The van der Waals surface area contributed by atoms with E-state index in [9.17, 15) is 0 Å². The molecule has 0 radical (unpaired) electrons. The smallest absolute Gasteiger partial charge is 0.0780 e. The van der Waals surface area contributed by atoms with Gasteiger partial charge in [0.2, 0.25) is 0 Å². The molecule has 0 aliphatic carbocycles. The Bertz CT molecular complexity index is 473. The average Bonchev–Trinajstić information content (AvgIpc) is 2.92. The van der Waals surface area contributed by atoms with Gasteiger partial charge in [0, 0.05) is 0 Å². The van der Waals surface area contributed by atoms with Crippen molar-refractivity contribution in [1.29, 1.82) is 0 Å². The molecule has 0 saturated heterocycles. The van der Waals surface area contributed by atoms with Crippen LogP contribution in [0.2, 0.25) is 0 Å². The Balaban J connectivity index is 0. The van der Waals surface area contributed by atoms with E-state index in [4.69, 9.17) is 0 Å². The Kier molecular flexibility index (Phi) is 35.5. The second kappa shape index (κ2) is 33.8. The summed E-state index contributed by atoms with van der Waals surface area (Å²) in [6, 6.07) is 0. The lowest BCUT2D eigenvalue weighted by Crippen LogP contribution is -2.35. The van der Waals surface area contributed by atoms with Crippen LogP contribution in [0.25, 0.3) is 0 Å². The number of quaternary nitrogens is 2. The number of nitrogens with zero attached hydrogens (tertiary/aromatic N) is 2. The summed E-state index contributed by atoms with van der Waals surface area (Å²) in [5.41, 5.74) is 0. The maximum atomic E-state index is 2.30. The average molecular weight is 597 g/mol. The van der Waals surface area contributed by atoms with Gasteiger partial charge in [-0.25, -0.2) is 0 Å². The lowest BCUT2D eigenvalue weighted by atomic mass is 10.0. The summed E-state index contributed by atoms with van der Waals surface area (Å²) in [4.78, 5) is 0. The molecule has 0 aromatic carbocycles. The van der Waals surface area contributed by atoms with Gasteiger partial charge in [-0.3, -0.25) is 0 Å². The van der Waals surface area contributed by atoms with E-state index < -0.39 is 0 Å². The van der Waals surface area contributed by atoms with E-state index >= 15 is 0 Å². The highest BCUT2D eigenvalue weighted by Crippen LogP contribution is 2.15. The summed E-state index contributed by atoms with van der Waals surface area (Å²) in [7, 11) is 13.8. The molecule has 0 aliphatic rings. The molecular weight excluding hydrogens is 508 g/mol. The molecule has 0 aromatic rings. The molecule has 0 heterocycles. The van der Waals surface area contributed by atoms with Gasteiger partial charge in [0.05, 0.1) is 55.4 Å². The molecule has 0 saturated carbocycles. The Hall–Kier alpha value is -0.0800. The predicted molar refractivity (Wildman–Crippen MR) is 196 cm³/mol. The Morgan fingerprint density at radius 3 is 0.500 bits per heavy atom. The molecule has 0 N–H and O–H groups in total. The quantitative estimate of drug-likeness (QED) is 0.0535. The van der Waals surface area contributed by atoms with Crippen molar-refractivity contribution in [2.45, 2.75) is 206 Å². The molecule has 0 unspecified atom stereocenters. The molecule has 0 rings (SSSR count). The number of hydrogen-bond donors (Lipinski definition) is 0. The van der Waals surface area contributed by atoms with E-state index in [1.54, 1.807) is 0 Å². The van der Waals surface area contributed by atoms with E-state index in [1.165, 1.54) is 206 Å². The highest BCUT2D eigenvalue weighted by Gasteiger charge is 2.06. The summed E-state index contributed by atoms with van der Waals surface area (Å²) in [6.07, 6.45) is 43.7. The van der Waals surface area contributed by atoms with Gasteiger partial charge in [-0.2, -0.15) is 0 Å². The van der Waals surface area contributed by atoms with Crippen LogP contribution in [-0.2, 0) is 0 Å². The molecule has 2 nitrogen and oxygen atoms in total. The zero-order valence-corrected chi connectivity index (χ0v) is 31.5. The standard InChI is InChI=1S/C21H46N.C19H42N/c1-5-6-7-8-9-10-11-12-13-14-15-16-17-18-19-20-21-22(2,3)4;1-5-6-7-8-9-10-11-12-13-14-15-16-17-18-19-20(2,3)4/h5-21H2,1-4H3;5-19H2,1-4H3/q2*+1. The number of hydrogen-bond acceptors (Lipinski definition) is 0. The molecule has 42 heavy (non-hydrogen) atoms. The van der Waals surface area contributed by atoms with Gasteiger partial charge in [0.15, 0.2) is 0 Å². The Labute approximate surface area is 270 Å². The van der Waals surface area contributed by atoms with Crippen molar-refractivity contribution < 1.29 is 8.97 Å². The zero-order chi connectivity index (χ0) is 31.6. The minimum atomic E-state index is 1.12. The highest BCUT2D eigenvalue weighted by molar-refractivity contribution is 4.51. The van der Waals surface area contributed by atoms with Crippen LogP contribution in [0.1, 0.15) is 206 Å². The third-order valence-electron chi connectivity index (χ3n) is 8.86. The fourth-order valence-electron chi connectivity index (χ4n) is 5.91. The normalized spacial score (nSPS) is 12.0. The number of rotatable bonds is 32. The monoisotopic (exact) mass is 597 g/mol. The molecule has 2 heteroatoms. The van der Waals surface area contributed by atoms with Gasteiger partial charge in [-0.1, -0.05) is 181 Å². The first kappa shape index (κ1) is 44.0. The maximum Gasteiger partial charge on any atom is 0.0780 e. The predicted octanol–water partition coefficient (Wildman–Crippen LogP) is 13.1. The first-order valence-electron chi connectivity index (χ1n) is 19.7. The zero-order valence-electron chi connectivity index (χ0n) is 31.5. The van der Waals surface area contributed by atoms with Crippen LogP contribution in [0, 0.1) is 0 Å².